The van der Waals surface area contributed by atoms with Gasteiger partial charge < -0.3 is 119 Å². The van der Waals surface area contributed by atoms with Gasteiger partial charge in [-0.15, -0.1) is 0 Å². The minimum Gasteiger partial charge on any atom is -0.481 e. The Balaban J connectivity index is 1.73. The molecule has 0 bridgehead atoms. The summed E-state index contributed by atoms with van der Waals surface area (Å²) >= 11 is 0. The third-order valence-electron chi connectivity index (χ3n) is 18.3. The molecule has 0 spiro atoms. The first-order valence-electron chi connectivity index (χ1n) is 40.5. The van der Waals surface area contributed by atoms with Crippen molar-refractivity contribution in [2.45, 2.75) is 328 Å². The number of esters is 9. The van der Waals surface area contributed by atoms with E-state index in [4.69, 9.17) is 76.2 Å². The molecule has 17 unspecified atom stereocenters. The lowest BCUT2D eigenvalue weighted by Crippen LogP contribution is -2.66. The number of aliphatic carboxylic acids is 1. The van der Waals surface area contributed by atoms with Crippen molar-refractivity contribution >= 4 is 107 Å². The lowest BCUT2D eigenvalue weighted by atomic mass is 9.96. The SMILES string of the molecule is CC(=O)NC1C(OCCCCCC(=O)NCCCCC(NC(=O)CCCCCOC2OC(COC(C)=O)C(OC(C)=O)C(OC(C)=O)C2NC(C)=O)C(=O)NC(CCCCNC(=O)CCCCCOC2OC(COC(C)=O)C(OC(C)=O)C(OC(C)=O)C2NC(C)=O)C(=O)NCCCCCC(=O)O)OC(COC(C)=O)C(OC(C)=O)C1OC(C)=O. The number of carboxylic acids is 1. The van der Waals surface area contributed by atoms with Gasteiger partial charge in [-0.25, -0.2) is 0 Å². The quantitative estimate of drug-likeness (QED) is 0.0233. The second-order valence-electron chi connectivity index (χ2n) is 29.1. The first-order chi connectivity index (χ1) is 56.8. The maximum Gasteiger partial charge on any atom is 0.303 e. The van der Waals surface area contributed by atoms with Crippen LogP contribution in [0, 0.1) is 0 Å². The Kier molecular flexibility index (Phi) is 50.0. The predicted molar refractivity (Wildman–Crippen MR) is 412 cm³/mol. The summed E-state index contributed by atoms with van der Waals surface area (Å²) in [5.41, 5.74) is 0. The molecule has 17 atom stereocenters. The highest BCUT2D eigenvalue weighted by Gasteiger charge is 2.54. The van der Waals surface area contributed by atoms with E-state index in [1.54, 1.807) is 0 Å². The molecule has 3 rings (SSSR count). The van der Waals surface area contributed by atoms with E-state index in [0.29, 0.717) is 89.9 Å². The van der Waals surface area contributed by atoms with Crippen molar-refractivity contribution in [2.24, 2.45) is 0 Å². The van der Waals surface area contributed by atoms with Crippen molar-refractivity contribution in [1.29, 1.82) is 0 Å². The summed E-state index contributed by atoms with van der Waals surface area (Å²) in [5.74, 6) is -11.8. The number of carbonyl (C=O) groups is 18. The summed E-state index contributed by atoms with van der Waals surface area (Å²) in [6.07, 6.45) is -9.28. The molecule has 3 aliphatic heterocycles. The van der Waals surface area contributed by atoms with E-state index in [-0.39, 0.29) is 103 Å². The Hall–Kier alpha value is -9.78. The number of carbonyl (C=O) groups excluding carboxylic acids is 17. The molecule has 3 heterocycles. The summed E-state index contributed by atoms with van der Waals surface area (Å²) in [7, 11) is 0. The Morgan fingerprint density at radius 3 is 0.892 bits per heavy atom. The number of nitrogens with one attached hydrogen (secondary N) is 8. The maximum absolute atomic E-state index is 14.5. The first kappa shape index (κ1) is 104. The number of ether oxygens (including phenoxy) is 15. The average molecular weight is 1720 g/mol. The molecule has 0 aliphatic carbocycles. The first-order valence-corrected chi connectivity index (χ1v) is 40.5. The van der Waals surface area contributed by atoms with Crippen molar-refractivity contribution in [3.8, 4) is 0 Å². The van der Waals surface area contributed by atoms with E-state index in [0.717, 1.165) is 62.3 Å². The molecule has 42 nitrogen and oxygen atoms in total. The van der Waals surface area contributed by atoms with Crippen LogP contribution in [0.3, 0.4) is 0 Å². The average Bonchev–Trinajstić information content (AvgIpc) is 0.797. The number of amides is 8. The van der Waals surface area contributed by atoms with Gasteiger partial charge in [-0.3, -0.25) is 86.3 Å². The van der Waals surface area contributed by atoms with Gasteiger partial charge in [0.2, 0.25) is 47.3 Å². The van der Waals surface area contributed by atoms with Crippen LogP contribution < -0.4 is 42.5 Å². The van der Waals surface area contributed by atoms with Gasteiger partial charge in [0.25, 0.3) is 0 Å². The molecule has 680 valence electrons. The van der Waals surface area contributed by atoms with Crippen molar-refractivity contribution in [3.05, 3.63) is 0 Å². The van der Waals surface area contributed by atoms with Crippen LogP contribution in [0.1, 0.15) is 224 Å². The number of rotatable bonds is 56. The number of hydrogen-bond acceptors (Lipinski definition) is 33. The molecule has 3 saturated heterocycles. The fraction of sp³-hybridized carbons (Fsp3) is 0.769. The summed E-state index contributed by atoms with van der Waals surface area (Å²) in [6.45, 7) is 12.9. The molecule has 0 aromatic rings. The normalized spacial score (nSPS) is 22.9. The van der Waals surface area contributed by atoms with Gasteiger partial charge in [-0.05, 0) is 89.9 Å². The Bertz CT molecular complexity index is 3360. The van der Waals surface area contributed by atoms with Crippen molar-refractivity contribution in [3.63, 3.8) is 0 Å². The van der Waals surface area contributed by atoms with Gasteiger partial charge in [-0.2, -0.15) is 0 Å². The van der Waals surface area contributed by atoms with Gasteiger partial charge in [-0.1, -0.05) is 25.7 Å². The van der Waals surface area contributed by atoms with Crippen LogP contribution >= 0.6 is 0 Å². The van der Waals surface area contributed by atoms with Gasteiger partial charge in [0.15, 0.2) is 55.5 Å². The third-order valence-corrected chi connectivity index (χ3v) is 18.3. The van der Waals surface area contributed by atoms with Gasteiger partial charge in [0.05, 0.1) is 0 Å². The lowest BCUT2D eigenvalue weighted by Gasteiger charge is -2.44. The maximum atomic E-state index is 14.5. The predicted octanol–water partition coefficient (Wildman–Crippen LogP) is 0.989. The van der Waals surface area contributed by atoms with E-state index in [2.05, 4.69) is 42.5 Å². The van der Waals surface area contributed by atoms with E-state index < -0.39 is 219 Å². The van der Waals surface area contributed by atoms with Crippen LogP contribution in [0.5, 0.6) is 0 Å². The van der Waals surface area contributed by atoms with Gasteiger partial charge in [0, 0.05) is 148 Å². The third kappa shape index (κ3) is 43.4. The van der Waals surface area contributed by atoms with Crippen LogP contribution in [0.25, 0.3) is 0 Å². The Labute approximate surface area is 697 Å². The zero-order chi connectivity index (χ0) is 89.4. The minimum absolute atomic E-state index is 0.0224. The molecule has 42 heteroatoms. The molecule has 0 saturated carbocycles. The summed E-state index contributed by atoms with van der Waals surface area (Å²) in [4.78, 5) is 226. The van der Waals surface area contributed by atoms with E-state index >= 15 is 0 Å². The van der Waals surface area contributed by atoms with E-state index in [9.17, 15) is 86.3 Å². The van der Waals surface area contributed by atoms with Crippen molar-refractivity contribution < 1.29 is 162 Å². The molecular formula is C78H124N8O34. The number of hydrogen-bond donors (Lipinski definition) is 9. The molecule has 3 fully saturated rings. The second-order valence-corrected chi connectivity index (χ2v) is 29.1. The van der Waals surface area contributed by atoms with Crippen molar-refractivity contribution in [1.82, 2.24) is 42.5 Å². The van der Waals surface area contributed by atoms with Crippen molar-refractivity contribution in [2.75, 3.05) is 59.3 Å². The molecular weight excluding hydrogens is 1590 g/mol. The van der Waals surface area contributed by atoms with E-state index in [1.807, 2.05) is 0 Å². The highest BCUT2D eigenvalue weighted by atomic mass is 16.7. The Morgan fingerprint density at radius 2 is 0.583 bits per heavy atom. The monoisotopic (exact) mass is 1720 g/mol. The highest BCUT2D eigenvalue weighted by molar-refractivity contribution is 5.92. The highest BCUT2D eigenvalue weighted by Crippen LogP contribution is 2.32. The topological polar surface area (TPSA) is 562 Å². The largest absolute Gasteiger partial charge is 0.481 e. The Morgan fingerprint density at radius 1 is 0.300 bits per heavy atom. The summed E-state index contributed by atoms with van der Waals surface area (Å²) in [5, 5.41) is 31.2. The molecule has 9 N–H and O–H groups in total. The number of carboxylic acid groups (broad SMARTS) is 1. The van der Waals surface area contributed by atoms with Crippen LogP contribution in [-0.4, -0.2) is 275 Å². The lowest BCUT2D eigenvalue weighted by molar-refractivity contribution is -0.277. The van der Waals surface area contributed by atoms with Crippen LogP contribution in [-0.2, 0) is 157 Å². The van der Waals surface area contributed by atoms with E-state index in [1.165, 1.54) is 20.8 Å². The zero-order valence-corrected chi connectivity index (χ0v) is 70.7. The molecule has 0 aromatic heterocycles. The molecule has 0 radical (unpaired) electrons. The second kappa shape index (κ2) is 57.4. The fourth-order valence-corrected chi connectivity index (χ4v) is 13.2. The smallest absolute Gasteiger partial charge is 0.303 e. The molecule has 8 amide bonds. The summed E-state index contributed by atoms with van der Waals surface area (Å²) in [6, 6.07) is -5.92. The minimum atomic E-state index is -1.36. The van der Waals surface area contributed by atoms with Gasteiger partial charge >= 0.3 is 59.7 Å². The van der Waals surface area contributed by atoms with Crippen LogP contribution in [0.15, 0.2) is 0 Å². The molecule has 3 aliphatic rings. The fourth-order valence-electron chi connectivity index (χ4n) is 13.2. The van der Waals surface area contributed by atoms with Crippen LogP contribution in [0.4, 0.5) is 0 Å². The van der Waals surface area contributed by atoms with Gasteiger partial charge in [0.1, 0.15) is 68.3 Å². The molecule has 120 heavy (non-hydrogen) atoms. The molecule has 0 aromatic carbocycles. The number of unbranched alkanes of at least 4 members (excludes halogenated alkanes) is 10. The van der Waals surface area contributed by atoms with Crippen LogP contribution in [0.2, 0.25) is 0 Å². The summed E-state index contributed by atoms with van der Waals surface area (Å²) < 4.78 is 84.6. The standard InChI is InChI=1S/C78H124N8O34/c1-44(87)82-65-71(115-53(10)96)68(112-50(7)93)58(41-109-47(4)90)118-76(65)106-38-26-14-17-31-61(99)79-35-24-21-29-56(74(104)81-37-23-13-20-34-64(102)103)86-75(105)57(85-63(101)33-19-16-28-40-108-78-67(84-46(3)89)73(117-55(12)98)70(114-52(9)95)60(120-78)43-111-49(6)92)30-22-25-36-80-62(100)32-18-15-27-39-107-77-66(83-45(2)88)72(116-54(11)97)69(113-51(8)94)59(119-77)42-110-48(5)91/h56-60,65-73,76-78H,13-43H2,1-12H3,(H,79,99)(H,80,100)(H,81,104)(H,82,87)(H,83,88)(H,84,89)(H,85,101)(H,86,105)(H,102,103). The zero-order valence-electron chi connectivity index (χ0n) is 70.7.